The molecule has 0 fully saturated rings. The molecule has 0 aromatic heterocycles. The number of nitrogens with one attached hydrogen (secondary N) is 1. The molecule has 0 aliphatic heterocycles. The van der Waals surface area contributed by atoms with Crippen LogP contribution in [0.25, 0.3) is 0 Å². The van der Waals surface area contributed by atoms with Crippen molar-refractivity contribution >= 4 is 16.2 Å². The van der Waals surface area contributed by atoms with Crippen molar-refractivity contribution in [3.8, 4) is 0 Å². The van der Waals surface area contributed by atoms with Crippen molar-refractivity contribution in [2.75, 3.05) is 0 Å². The fourth-order valence-electron chi connectivity index (χ4n) is 2.78. The number of aryl methyl sites for hydroxylation is 1. The Kier molecular flexibility index (Phi) is 9.50. The van der Waals surface area contributed by atoms with Crippen molar-refractivity contribution in [2.24, 2.45) is 0 Å². The lowest BCUT2D eigenvalue weighted by Gasteiger charge is -2.13. The molecule has 25 heavy (non-hydrogen) atoms. The Labute approximate surface area is 152 Å². The van der Waals surface area contributed by atoms with E-state index in [-0.39, 0.29) is 9.92 Å². The number of hydrogen-bond donors (Lipinski definition) is 1. The minimum atomic E-state index is -3.70. The van der Waals surface area contributed by atoms with Crippen LogP contribution in [0.2, 0.25) is 0 Å². The minimum absolute atomic E-state index is 0.0253. The topological polar surface area (TPSA) is 63.2 Å². The lowest BCUT2D eigenvalue weighted by Crippen LogP contribution is -2.21. The molecular weight excluding hydrogens is 334 g/mol. The standard InChI is InChI=1S/C20H31NO3S/c1-4-5-6-7-8-9-10-11-18(3)20(21-16-22)25(23,24)19-14-12-17(2)13-15-19/h12-16H,4-11H2,1-3H3,(H,21,22). The molecule has 0 spiro atoms. The fourth-order valence-corrected chi connectivity index (χ4v) is 4.27. The number of amides is 1. The molecule has 1 N–H and O–H groups in total. The molecule has 0 radical (unpaired) electrons. The third-order valence-corrected chi connectivity index (χ3v) is 6.23. The Hall–Kier alpha value is -1.62. The first kappa shape index (κ1) is 21.4. The Balaban J connectivity index is 2.76. The highest BCUT2D eigenvalue weighted by molar-refractivity contribution is 7.95. The van der Waals surface area contributed by atoms with Crippen molar-refractivity contribution < 1.29 is 13.2 Å². The molecule has 0 unspecified atom stereocenters. The predicted molar refractivity (Wildman–Crippen MR) is 103 cm³/mol. The van der Waals surface area contributed by atoms with Crippen molar-refractivity contribution in [1.82, 2.24) is 5.32 Å². The molecule has 140 valence electrons. The van der Waals surface area contributed by atoms with Gasteiger partial charge in [-0.3, -0.25) is 4.79 Å². The molecule has 0 heterocycles. The van der Waals surface area contributed by atoms with E-state index in [1.165, 1.54) is 32.1 Å². The Bertz CT molecular complexity index is 661. The minimum Gasteiger partial charge on any atom is -0.319 e. The summed E-state index contributed by atoms with van der Waals surface area (Å²) in [6.07, 6.45) is 9.33. The first-order valence-electron chi connectivity index (χ1n) is 9.15. The molecule has 1 amide bonds. The maximum atomic E-state index is 12.8. The van der Waals surface area contributed by atoms with E-state index < -0.39 is 9.84 Å². The summed E-state index contributed by atoms with van der Waals surface area (Å²) < 4.78 is 25.6. The lowest BCUT2D eigenvalue weighted by atomic mass is 10.1. The Morgan fingerprint density at radius 3 is 2.12 bits per heavy atom. The van der Waals surface area contributed by atoms with E-state index in [0.29, 0.717) is 18.4 Å². The smallest absolute Gasteiger partial charge is 0.221 e. The summed E-state index contributed by atoms with van der Waals surface area (Å²) in [5, 5.41) is 2.44. The highest BCUT2D eigenvalue weighted by atomic mass is 32.2. The quantitative estimate of drug-likeness (QED) is 0.424. The van der Waals surface area contributed by atoms with Crippen molar-refractivity contribution in [2.45, 2.75) is 77.0 Å². The fraction of sp³-hybridized carbons (Fsp3) is 0.550. The van der Waals surface area contributed by atoms with Crippen LogP contribution in [-0.2, 0) is 14.6 Å². The average Bonchev–Trinajstić information content (AvgIpc) is 2.59. The van der Waals surface area contributed by atoms with Crippen LogP contribution in [0.5, 0.6) is 0 Å². The summed E-state index contributed by atoms with van der Waals surface area (Å²) in [6, 6.07) is 6.68. The zero-order valence-corrected chi connectivity index (χ0v) is 16.5. The van der Waals surface area contributed by atoms with Gasteiger partial charge < -0.3 is 5.32 Å². The van der Waals surface area contributed by atoms with Gasteiger partial charge in [0.2, 0.25) is 16.2 Å². The van der Waals surface area contributed by atoms with Gasteiger partial charge in [0.25, 0.3) is 0 Å². The van der Waals surface area contributed by atoms with Gasteiger partial charge >= 0.3 is 0 Å². The first-order valence-corrected chi connectivity index (χ1v) is 10.6. The second kappa shape index (κ2) is 11.1. The molecule has 1 aromatic carbocycles. The molecule has 0 saturated carbocycles. The molecule has 1 rings (SSSR count). The first-order chi connectivity index (χ1) is 11.9. The summed E-state index contributed by atoms with van der Waals surface area (Å²) in [4.78, 5) is 11.1. The number of rotatable bonds is 12. The maximum absolute atomic E-state index is 12.8. The van der Waals surface area contributed by atoms with Gasteiger partial charge in [-0.25, -0.2) is 8.42 Å². The van der Waals surface area contributed by atoms with Crippen LogP contribution in [0.4, 0.5) is 0 Å². The van der Waals surface area contributed by atoms with Crippen molar-refractivity contribution in [3.05, 3.63) is 40.4 Å². The molecule has 1 aromatic rings. The molecule has 4 nitrogen and oxygen atoms in total. The van der Waals surface area contributed by atoms with Gasteiger partial charge in [-0.1, -0.05) is 63.1 Å². The number of unbranched alkanes of at least 4 members (excludes halogenated alkanes) is 6. The average molecular weight is 366 g/mol. The number of benzene rings is 1. The van der Waals surface area contributed by atoms with Gasteiger partial charge in [-0.15, -0.1) is 0 Å². The lowest BCUT2D eigenvalue weighted by molar-refractivity contribution is -0.108. The number of allylic oxidation sites excluding steroid dienone is 1. The van der Waals surface area contributed by atoms with Crippen LogP contribution in [-0.4, -0.2) is 14.8 Å². The predicted octanol–water partition coefficient (Wildman–Crippen LogP) is 4.89. The Morgan fingerprint density at radius 2 is 1.56 bits per heavy atom. The van der Waals surface area contributed by atoms with Crippen LogP contribution in [0.3, 0.4) is 0 Å². The number of hydrogen-bond acceptors (Lipinski definition) is 3. The molecule has 5 heteroatoms. The van der Waals surface area contributed by atoms with Crippen LogP contribution in [0.1, 0.15) is 70.8 Å². The normalized spacial score (nSPS) is 12.6. The summed E-state index contributed by atoms with van der Waals surface area (Å²) in [6.45, 7) is 5.89. The number of sulfone groups is 1. The number of carbonyl (C=O) groups excluding carboxylic acids is 1. The van der Waals surface area contributed by atoms with Gasteiger partial charge in [-0.2, -0.15) is 0 Å². The second-order valence-corrected chi connectivity index (χ2v) is 8.45. The zero-order chi connectivity index (χ0) is 18.7. The summed E-state index contributed by atoms with van der Waals surface area (Å²) in [5.74, 6) is 0. The van der Waals surface area contributed by atoms with E-state index in [4.69, 9.17) is 0 Å². The molecule has 0 aliphatic rings. The molecule has 0 atom stereocenters. The van der Waals surface area contributed by atoms with Gasteiger partial charge in [0, 0.05) is 0 Å². The van der Waals surface area contributed by atoms with Crippen LogP contribution in [0.15, 0.2) is 39.8 Å². The maximum Gasteiger partial charge on any atom is 0.221 e. The highest BCUT2D eigenvalue weighted by Gasteiger charge is 2.22. The van der Waals surface area contributed by atoms with Gasteiger partial charge in [0.15, 0.2) is 0 Å². The van der Waals surface area contributed by atoms with E-state index in [0.717, 1.165) is 18.4 Å². The van der Waals surface area contributed by atoms with Crippen LogP contribution < -0.4 is 5.32 Å². The van der Waals surface area contributed by atoms with E-state index >= 15 is 0 Å². The van der Waals surface area contributed by atoms with Crippen molar-refractivity contribution in [3.63, 3.8) is 0 Å². The molecule has 0 bridgehead atoms. The zero-order valence-electron chi connectivity index (χ0n) is 15.7. The SMILES string of the molecule is CCCCCCCCCC(C)=C(NC=O)S(=O)(=O)c1ccc(C)cc1. The van der Waals surface area contributed by atoms with E-state index in [9.17, 15) is 13.2 Å². The van der Waals surface area contributed by atoms with Crippen LogP contribution >= 0.6 is 0 Å². The van der Waals surface area contributed by atoms with Gasteiger partial charge in [-0.05, 0) is 44.4 Å². The van der Waals surface area contributed by atoms with E-state index in [1.54, 1.807) is 31.2 Å². The molecule has 0 aliphatic carbocycles. The van der Waals surface area contributed by atoms with Gasteiger partial charge in [0.05, 0.1) is 4.90 Å². The monoisotopic (exact) mass is 365 g/mol. The largest absolute Gasteiger partial charge is 0.319 e. The summed E-state index contributed by atoms with van der Waals surface area (Å²) in [5.41, 5.74) is 1.70. The third kappa shape index (κ3) is 7.02. The van der Waals surface area contributed by atoms with E-state index in [2.05, 4.69) is 12.2 Å². The van der Waals surface area contributed by atoms with Crippen LogP contribution in [0, 0.1) is 6.92 Å². The molecule has 0 saturated heterocycles. The molecular formula is C20H31NO3S. The summed E-state index contributed by atoms with van der Waals surface area (Å²) in [7, 11) is -3.70. The Morgan fingerprint density at radius 1 is 1.00 bits per heavy atom. The number of carbonyl (C=O) groups is 1. The second-order valence-electron chi connectivity index (χ2n) is 6.56. The summed E-state index contributed by atoms with van der Waals surface area (Å²) >= 11 is 0. The van der Waals surface area contributed by atoms with Gasteiger partial charge in [0.1, 0.15) is 5.03 Å². The highest BCUT2D eigenvalue weighted by Crippen LogP contribution is 2.23. The van der Waals surface area contributed by atoms with Crippen molar-refractivity contribution in [1.29, 1.82) is 0 Å². The third-order valence-electron chi connectivity index (χ3n) is 4.33. The van der Waals surface area contributed by atoms with E-state index in [1.807, 2.05) is 6.92 Å².